The van der Waals surface area contributed by atoms with E-state index in [9.17, 15) is 13.6 Å². The molecule has 90 valence electrons. The molecule has 0 atom stereocenters. The number of halogens is 3. The van der Waals surface area contributed by atoms with E-state index in [0.29, 0.717) is 5.56 Å². The number of nitrogens with zero attached hydrogens (tertiary/aromatic N) is 2. The van der Waals surface area contributed by atoms with Gasteiger partial charge in [0.2, 0.25) is 0 Å². The van der Waals surface area contributed by atoms with Crippen molar-refractivity contribution in [1.29, 1.82) is 5.26 Å². The first-order valence-corrected chi connectivity index (χ1v) is 5.60. The van der Waals surface area contributed by atoms with Crippen molar-refractivity contribution in [3.05, 3.63) is 28.6 Å². The van der Waals surface area contributed by atoms with Crippen LogP contribution >= 0.6 is 15.9 Å². The SMILES string of the molecule is N#Cc1c(CBr)cc(CC(=O)O)nc1C(F)F. The van der Waals surface area contributed by atoms with E-state index >= 15 is 0 Å². The van der Waals surface area contributed by atoms with Crippen molar-refractivity contribution in [2.75, 3.05) is 0 Å². The van der Waals surface area contributed by atoms with Gasteiger partial charge in [-0.05, 0) is 11.6 Å². The number of hydrogen-bond acceptors (Lipinski definition) is 3. The van der Waals surface area contributed by atoms with Crippen LogP contribution < -0.4 is 0 Å². The number of pyridine rings is 1. The van der Waals surface area contributed by atoms with E-state index in [1.165, 1.54) is 6.07 Å². The molecule has 0 spiro atoms. The quantitative estimate of drug-likeness (QED) is 0.867. The molecule has 0 aliphatic rings. The van der Waals surface area contributed by atoms with Crippen LogP contribution in [0.25, 0.3) is 0 Å². The van der Waals surface area contributed by atoms with Crippen LogP contribution in [0, 0.1) is 11.3 Å². The lowest BCUT2D eigenvalue weighted by Crippen LogP contribution is -2.08. The van der Waals surface area contributed by atoms with E-state index in [0.717, 1.165) is 0 Å². The predicted octanol–water partition coefficient (Wildman–Crippen LogP) is 2.41. The molecule has 0 aliphatic carbocycles. The number of aliphatic carboxylic acids is 1. The molecular weight excluding hydrogens is 298 g/mol. The Morgan fingerprint density at radius 2 is 2.29 bits per heavy atom. The minimum Gasteiger partial charge on any atom is -0.481 e. The summed E-state index contributed by atoms with van der Waals surface area (Å²) in [6, 6.07) is 3.00. The molecule has 1 aromatic rings. The molecule has 7 heteroatoms. The maximum absolute atomic E-state index is 12.7. The lowest BCUT2D eigenvalue weighted by atomic mass is 10.1. The lowest BCUT2D eigenvalue weighted by molar-refractivity contribution is -0.136. The molecule has 0 fully saturated rings. The molecule has 0 bridgehead atoms. The van der Waals surface area contributed by atoms with Crippen LogP contribution in [-0.4, -0.2) is 16.1 Å². The molecule has 0 radical (unpaired) electrons. The monoisotopic (exact) mass is 304 g/mol. The summed E-state index contributed by atoms with van der Waals surface area (Å²) in [4.78, 5) is 14.0. The van der Waals surface area contributed by atoms with Gasteiger partial charge >= 0.3 is 5.97 Å². The van der Waals surface area contributed by atoms with Crippen LogP contribution in [0.5, 0.6) is 0 Å². The zero-order valence-electron chi connectivity index (χ0n) is 8.45. The number of nitriles is 1. The number of rotatable bonds is 4. The normalized spacial score (nSPS) is 10.3. The van der Waals surface area contributed by atoms with E-state index in [1.807, 2.05) is 0 Å². The molecular formula is C10H7BrF2N2O2. The summed E-state index contributed by atoms with van der Waals surface area (Å²) in [6.07, 6.45) is -3.36. The zero-order chi connectivity index (χ0) is 13.0. The third-order valence-electron chi connectivity index (χ3n) is 1.98. The van der Waals surface area contributed by atoms with Gasteiger partial charge in [-0.25, -0.2) is 13.8 Å². The molecule has 0 aromatic carbocycles. The van der Waals surface area contributed by atoms with Crippen molar-refractivity contribution in [2.24, 2.45) is 0 Å². The molecule has 1 heterocycles. The fraction of sp³-hybridized carbons (Fsp3) is 0.300. The summed E-state index contributed by atoms with van der Waals surface area (Å²) in [5, 5.41) is 17.6. The summed E-state index contributed by atoms with van der Waals surface area (Å²) in [5.41, 5.74) is -0.540. The van der Waals surface area contributed by atoms with E-state index in [-0.39, 0.29) is 16.6 Å². The Bertz CT molecular complexity index is 486. The Labute approximate surface area is 104 Å². The van der Waals surface area contributed by atoms with Gasteiger partial charge < -0.3 is 5.11 Å². The minimum atomic E-state index is -2.91. The maximum atomic E-state index is 12.7. The number of hydrogen-bond donors (Lipinski definition) is 1. The van der Waals surface area contributed by atoms with Gasteiger partial charge in [-0.3, -0.25) is 4.79 Å². The van der Waals surface area contributed by atoms with E-state index in [1.54, 1.807) is 6.07 Å². The second kappa shape index (κ2) is 5.68. The second-order valence-electron chi connectivity index (χ2n) is 3.15. The van der Waals surface area contributed by atoms with E-state index in [4.69, 9.17) is 10.4 Å². The van der Waals surface area contributed by atoms with Crippen LogP contribution in [0.15, 0.2) is 6.07 Å². The van der Waals surface area contributed by atoms with Crippen molar-refractivity contribution in [1.82, 2.24) is 4.98 Å². The largest absolute Gasteiger partial charge is 0.481 e. The lowest BCUT2D eigenvalue weighted by Gasteiger charge is -2.08. The van der Waals surface area contributed by atoms with Crippen LogP contribution in [0.2, 0.25) is 0 Å². The first kappa shape index (κ1) is 13.5. The van der Waals surface area contributed by atoms with E-state index in [2.05, 4.69) is 20.9 Å². The Morgan fingerprint density at radius 1 is 1.65 bits per heavy atom. The summed E-state index contributed by atoms with van der Waals surface area (Å²) in [7, 11) is 0. The third-order valence-corrected chi connectivity index (χ3v) is 2.58. The molecule has 0 unspecified atom stereocenters. The molecule has 0 saturated carbocycles. The van der Waals surface area contributed by atoms with Gasteiger partial charge in [0.15, 0.2) is 0 Å². The Hall–Kier alpha value is -1.55. The maximum Gasteiger partial charge on any atom is 0.309 e. The third kappa shape index (κ3) is 3.20. The molecule has 17 heavy (non-hydrogen) atoms. The number of carbonyl (C=O) groups is 1. The Morgan fingerprint density at radius 3 is 2.71 bits per heavy atom. The number of aromatic nitrogens is 1. The smallest absolute Gasteiger partial charge is 0.309 e. The topological polar surface area (TPSA) is 74.0 Å². The highest BCUT2D eigenvalue weighted by Gasteiger charge is 2.20. The van der Waals surface area contributed by atoms with Crippen molar-refractivity contribution < 1.29 is 18.7 Å². The highest BCUT2D eigenvalue weighted by molar-refractivity contribution is 9.08. The molecule has 1 N–H and O–H groups in total. The molecule has 0 saturated heterocycles. The molecule has 0 aliphatic heterocycles. The van der Waals surface area contributed by atoms with Gasteiger partial charge in [-0.1, -0.05) is 15.9 Å². The number of alkyl halides is 3. The Kier molecular flexibility index (Phi) is 4.52. The van der Waals surface area contributed by atoms with Crippen LogP contribution in [0.3, 0.4) is 0 Å². The van der Waals surface area contributed by atoms with Crippen molar-refractivity contribution >= 4 is 21.9 Å². The van der Waals surface area contributed by atoms with Crippen molar-refractivity contribution in [3.8, 4) is 6.07 Å². The van der Waals surface area contributed by atoms with Crippen LogP contribution in [0.4, 0.5) is 8.78 Å². The highest BCUT2D eigenvalue weighted by Crippen LogP contribution is 2.25. The molecule has 0 amide bonds. The fourth-order valence-corrected chi connectivity index (χ4v) is 1.76. The number of carboxylic acid groups (broad SMARTS) is 1. The minimum absolute atomic E-state index is 0.0150. The Balaban J connectivity index is 3.36. The summed E-state index contributed by atoms with van der Waals surface area (Å²) < 4.78 is 25.3. The fourth-order valence-electron chi connectivity index (χ4n) is 1.32. The standard InChI is InChI=1S/C10H7BrF2N2O2/c11-3-5-1-6(2-8(16)17)15-9(10(12)13)7(5)4-14/h1,10H,2-3H2,(H,16,17). The summed E-state index contributed by atoms with van der Waals surface area (Å²) in [5.74, 6) is -1.16. The number of carboxylic acids is 1. The average Bonchev–Trinajstić information content (AvgIpc) is 2.26. The van der Waals surface area contributed by atoms with Gasteiger partial charge in [0.05, 0.1) is 17.7 Å². The van der Waals surface area contributed by atoms with Crippen molar-refractivity contribution in [2.45, 2.75) is 18.2 Å². The first-order valence-electron chi connectivity index (χ1n) is 4.48. The first-order chi connectivity index (χ1) is 7.99. The van der Waals surface area contributed by atoms with Gasteiger partial charge in [0.1, 0.15) is 11.8 Å². The molecule has 1 rings (SSSR count). The molecule has 4 nitrogen and oxygen atoms in total. The predicted molar refractivity (Wildman–Crippen MR) is 57.9 cm³/mol. The second-order valence-corrected chi connectivity index (χ2v) is 3.71. The van der Waals surface area contributed by atoms with E-state index < -0.39 is 24.5 Å². The van der Waals surface area contributed by atoms with Crippen LogP contribution in [0.1, 0.15) is 28.9 Å². The van der Waals surface area contributed by atoms with Gasteiger partial charge in [-0.2, -0.15) is 5.26 Å². The zero-order valence-corrected chi connectivity index (χ0v) is 10.0. The van der Waals surface area contributed by atoms with Gasteiger partial charge in [0, 0.05) is 5.33 Å². The van der Waals surface area contributed by atoms with Gasteiger partial charge in [0.25, 0.3) is 6.43 Å². The highest BCUT2D eigenvalue weighted by atomic mass is 79.9. The van der Waals surface area contributed by atoms with Crippen LogP contribution in [-0.2, 0) is 16.5 Å². The van der Waals surface area contributed by atoms with Crippen molar-refractivity contribution in [3.63, 3.8) is 0 Å². The van der Waals surface area contributed by atoms with Gasteiger partial charge in [-0.15, -0.1) is 0 Å². The summed E-state index contributed by atoms with van der Waals surface area (Å²) in [6.45, 7) is 0. The molecule has 1 aromatic heterocycles. The average molecular weight is 305 g/mol. The summed E-state index contributed by atoms with van der Waals surface area (Å²) >= 11 is 3.06.